The highest BCUT2D eigenvalue weighted by Crippen LogP contribution is 2.47. The molecule has 0 unspecified atom stereocenters. The first-order valence-corrected chi connectivity index (χ1v) is 10.6. The van der Waals surface area contributed by atoms with Gasteiger partial charge in [-0.2, -0.15) is 0 Å². The monoisotopic (exact) mass is 471 g/mol. The largest absolute Gasteiger partial charge is 0.497 e. The second kappa shape index (κ2) is 8.74. The van der Waals surface area contributed by atoms with Crippen LogP contribution in [-0.2, 0) is 9.59 Å². The Morgan fingerprint density at radius 2 is 1.70 bits per heavy atom. The number of hydrogen-bond acceptors (Lipinski definition) is 5. The summed E-state index contributed by atoms with van der Waals surface area (Å²) in [5.41, 5.74) is 1.44. The van der Waals surface area contributed by atoms with Crippen LogP contribution in [0.15, 0.2) is 64.3 Å². The van der Waals surface area contributed by atoms with Gasteiger partial charge in [-0.3, -0.25) is 9.59 Å². The normalized spacial score (nSPS) is 23.8. The van der Waals surface area contributed by atoms with Gasteiger partial charge in [0, 0.05) is 33.8 Å². The number of nitrogens with one attached hydrogen (secondary N) is 1. The number of hydrogen-bond donors (Lipinski definition) is 2. The Morgan fingerprint density at radius 1 is 1.10 bits per heavy atom. The first-order valence-electron chi connectivity index (χ1n) is 9.77. The lowest BCUT2D eigenvalue weighted by atomic mass is 9.64. The molecule has 0 aromatic heterocycles. The van der Waals surface area contributed by atoms with Crippen molar-refractivity contribution in [3.05, 3.63) is 69.8 Å². The fraction of sp³-hybridized carbons (Fsp3) is 0.333. The van der Waals surface area contributed by atoms with Crippen LogP contribution >= 0.6 is 15.9 Å². The Balaban J connectivity index is 2.16. The van der Waals surface area contributed by atoms with Crippen molar-refractivity contribution in [2.75, 3.05) is 12.4 Å². The van der Waals surface area contributed by atoms with Gasteiger partial charge in [-0.25, -0.2) is 0 Å². The molecule has 0 bridgehead atoms. The molecule has 6 heteroatoms. The number of anilines is 1. The van der Waals surface area contributed by atoms with Gasteiger partial charge >= 0.3 is 0 Å². The highest BCUT2D eigenvalue weighted by Gasteiger charge is 2.49. The minimum absolute atomic E-state index is 0.124. The minimum Gasteiger partial charge on any atom is -0.497 e. The second-order valence-corrected chi connectivity index (χ2v) is 8.87. The van der Waals surface area contributed by atoms with Crippen LogP contribution in [0.2, 0.25) is 0 Å². The van der Waals surface area contributed by atoms with Gasteiger partial charge in [0.1, 0.15) is 11.5 Å². The number of benzene rings is 2. The first-order chi connectivity index (χ1) is 14.1. The number of Topliss-reactive ketones (excluding diaryl/α,β-unsaturated/α-hetero) is 2. The molecule has 0 heterocycles. The van der Waals surface area contributed by atoms with Gasteiger partial charge in [-0.05, 0) is 62.7 Å². The number of aliphatic hydroxyl groups is 1. The lowest BCUT2D eigenvalue weighted by Gasteiger charge is -2.43. The second-order valence-electron chi connectivity index (χ2n) is 7.95. The molecule has 0 saturated heterocycles. The van der Waals surface area contributed by atoms with Crippen LogP contribution in [0, 0.1) is 5.92 Å². The molecule has 3 atom stereocenters. The zero-order valence-corrected chi connectivity index (χ0v) is 19.1. The minimum atomic E-state index is -1.31. The fourth-order valence-electron chi connectivity index (χ4n) is 4.37. The van der Waals surface area contributed by atoms with E-state index < -0.39 is 17.4 Å². The third kappa shape index (κ3) is 4.50. The van der Waals surface area contributed by atoms with Crippen molar-refractivity contribution >= 4 is 33.2 Å². The van der Waals surface area contributed by atoms with Gasteiger partial charge in [0.25, 0.3) is 0 Å². The molecule has 2 aromatic rings. The molecule has 5 nitrogen and oxygen atoms in total. The summed E-state index contributed by atoms with van der Waals surface area (Å²) in [5.74, 6) is -0.811. The number of rotatable bonds is 6. The number of ether oxygens (including phenoxy) is 1. The van der Waals surface area contributed by atoms with E-state index in [9.17, 15) is 14.7 Å². The first kappa shape index (κ1) is 22.2. The molecule has 1 aliphatic rings. The van der Waals surface area contributed by atoms with Crippen molar-refractivity contribution < 1.29 is 19.4 Å². The number of carbonyl (C=O) groups is 2. The number of allylic oxidation sites excluding steroid dienone is 1. The van der Waals surface area contributed by atoms with Gasteiger partial charge < -0.3 is 15.2 Å². The number of carbonyl (C=O) groups excluding carboxylic acids is 2. The number of methoxy groups -OCH3 is 1. The maximum Gasteiger partial charge on any atom is 0.158 e. The van der Waals surface area contributed by atoms with E-state index in [0.717, 1.165) is 21.5 Å². The Morgan fingerprint density at radius 3 is 2.20 bits per heavy atom. The standard InChI is InChI=1S/C24H26BrNO4/c1-14(27)21-20(26-18-9-11-19(30-4)12-10-18)13-24(3,29)23(15(2)28)22(21)16-5-7-17(25)8-6-16/h5-12,22-23,26,29H,13H2,1-4H3/t22-,23+,24-/m0/s1. The molecule has 0 saturated carbocycles. The Bertz CT molecular complexity index is 977. The quantitative estimate of drug-likeness (QED) is 0.629. The summed E-state index contributed by atoms with van der Waals surface area (Å²) >= 11 is 3.43. The molecule has 2 aromatic carbocycles. The van der Waals surface area contributed by atoms with Gasteiger partial charge in [-0.15, -0.1) is 0 Å². The summed E-state index contributed by atoms with van der Waals surface area (Å²) in [6, 6.07) is 14.9. The van der Waals surface area contributed by atoms with E-state index in [0.29, 0.717) is 11.3 Å². The summed E-state index contributed by atoms with van der Waals surface area (Å²) in [6.07, 6.45) is 0.172. The molecule has 3 rings (SSSR count). The van der Waals surface area contributed by atoms with Crippen molar-refractivity contribution in [3.63, 3.8) is 0 Å². The topological polar surface area (TPSA) is 75.6 Å². The SMILES string of the molecule is COc1ccc(NC2=C(C(C)=O)[C@H](c3ccc(Br)cc3)[C@@H](C(C)=O)[C@@](C)(O)C2)cc1. The molecule has 1 aliphatic carbocycles. The van der Waals surface area contributed by atoms with Gasteiger partial charge in [0.15, 0.2) is 5.78 Å². The van der Waals surface area contributed by atoms with Crippen LogP contribution in [0.3, 0.4) is 0 Å². The van der Waals surface area contributed by atoms with Crippen LogP contribution in [0.25, 0.3) is 0 Å². The van der Waals surface area contributed by atoms with Gasteiger partial charge in [-0.1, -0.05) is 28.1 Å². The fourth-order valence-corrected chi connectivity index (χ4v) is 4.63. The maximum atomic E-state index is 12.8. The van der Waals surface area contributed by atoms with E-state index in [1.807, 2.05) is 48.5 Å². The number of ketones is 2. The Labute approximate surface area is 185 Å². The molecule has 0 amide bonds. The average Bonchev–Trinajstić information content (AvgIpc) is 2.67. The Kier molecular flexibility index (Phi) is 6.48. The third-order valence-electron chi connectivity index (χ3n) is 5.61. The van der Waals surface area contributed by atoms with Crippen molar-refractivity contribution in [2.45, 2.75) is 38.7 Å². The average molecular weight is 472 g/mol. The van der Waals surface area contributed by atoms with E-state index in [2.05, 4.69) is 21.2 Å². The van der Waals surface area contributed by atoms with Crippen molar-refractivity contribution in [1.29, 1.82) is 0 Å². The zero-order chi connectivity index (χ0) is 22.1. The van der Waals surface area contributed by atoms with Crippen molar-refractivity contribution in [3.8, 4) is 5.75 Å². The molecule has 30 heavy (non-hydrogen) atoms. The summed E-state index contributed by atoms with van der Waals surface area (Å²) in [4.78, 5) is 25.4. The van der Waals surface area contributed by atoms with Gasteiger partial charge in [0.2, 0.25) is 0 Å². The predicted octanol–water partition coefficient (Wildman–Crippen LogP) is 4.86. The summed E-state index contributed by atoms with van der Waals surface area (Å²) < 4.78 is 6.10. The molecule has 0 aliphatic heterocycles. The molecule has 0 spiro atoms. The van der Waals surface area contributed by atoms with E-state index in [-0.39, 0.29) is 18.0 Å². The van der Waals surface area contributed by atoms with Crippen molar-refractivity contribution in [1.82, 2.24) is 0 Å². The summed E-state index contributed by atoms with van der Waals surface area (Å²) in [6.45, 7) is 4.65. The smallest absolute Gasteiger partial charge is 0.158 e. The van der Waals surface area contributed by atoms with E-state index in [1.54, 1.807) is 14.0 Å². The number of halogens is 1. The van der Waals surface area contributed by atoms with E-state index in [4.69, 9.17) is 4.74 Å². The van der Waals surface area contributed by atoms with Crippen LogP contribution in [0.4, 0.5) is 5.69 Å². The summed E-state index contributed by atoms with van der Waals surface area (Å²) in [5, 5.41) is 14.6. The van der Waals surface area contributed by atoms with Crippen LogP contribution in [-0.4, -0.2) is 29.4 Å². The van der Waals surface area contributed by atoms with Gasteiger partial charge in [0.05, 0.1) is 18.6 Å². The highest BCUT2D eigenvalue weighted by molar-refractivity contribution is 9.10. The molecule has 158 valence electrons. The van der Waals surface area contributed by atoms with Crippen LogP contribution < -0.4 is 10.1 Å². The van der Waals surface area contributed by atoms with Crippen LogP contribution in [0.1, 0.15) is 38.7 Å². The zero-order valence-electron chi connectivity index (χ0n) is 17.5. The third-order valence-corrected chi connectivity index (χ3v) is 6.13. The molecular formula is C24H26BrNO4. The van der Waals surface area contributed by atoms with Crippen LogP contribution in [0.5, 0.6) is 5.75 Å². The molecule has 0 radical (unpaired) electrons. The molecular weight excluding hydrogens is 446 g/mol. The lowest BCUT2D eigenvalue weighted by Crippen LogP contribution is -2.48. The highest BCUT2D eigenvalue weighted by atomic mass is 79.9. The molecule has 2 N–H and O–H groups in total. The predicted molar refractivity (Wildman–Crippen MR) is 121 cm³/mol. The van der Waals surface area contributed by atoms with E-state index in [1.165, 1.54) is 13.8 Å². The summed E-state index contributed by atoms with van der Waals surface area (Å²) in [7, 11) is 1.60. The molecule has 0 fully saturated rings. The van der Waals surface area contributed by atoms with E-state index >= 15 is 0 Å². The Hall–Kier alpha value is -2.44. The maximum absolute atomic E-state index is 12.8. The van der Waals surface area contributed by atoms with Crippen molar-refractivity contribution in [2.24, 2.45) is 5.92 Å². The lowest BCUT2D eigenvalue weighted by molar-refractivity contribution is -0.131.